The van der Waals surface area contributed by atoms with Crippen molar-refractivity contribution in [3.63, 3.8) is 0 Å². The summed E-state index contributed by atoms with van der Waals surface area (Å²) in [7, 11) is 0. The Morgan fingerprint density at radius 1 is 1.26 bits per heavy atom. The number of hydrogen-bond donors (Lipinski definition) is 3. The lowest BCUT2D eigenvalue weighted by Gasteiger charge is -2.24. The highest BCUT2D eigenvalue weighted by Crippen LogP contribution is 2.36. The number of piperidine rings is 1. The molecule has 0 bridgehead atoms. The van der Waals surface area contributed by atoms with Crippen molar-refractivity contribution in [1.82, 2.24) is 20.2 Å². The highest BCUT2D eigenvalue weighted by molar-refractivity contribution is 6.39. The van der Waals surface area contributed by atoms with E-state index >= 15 is 0 Å². The van der Waals surface area contributed by atoms with Crippen molar-refractivity contribution in [2.75, 3.05) is 18.8 Å². The van der Waals surface area contributed by atoms with E-state index in [2.05, 4.69) is 22.2 Å². The molecule has 1 saturated heterocycles. The maximum atomic E-state index is 13.8. The fourth-order valence-electron chi connectivity index (χ4n) is 4.03. The van der Waals surface area contributed by atoms with Gasteiger partial charge in [-0.15, -0.1) is 0 Å². The Bertz CT molecular complexity index is 1180. The molecule has 9 heteroatoms. The van der Waals surface area contributed by atoms with E-state index in [4.69, 9.17) is 33.9 Å². The average molecular weight is 501 g/mol. The predicted molar refractivity (Wildman–Crippen MR) is 138 cm³/mol. The van der Waals surface area contributed by atoms with Gasteiger partial charge in [-0.25, -0.2) is 14.4 Å². The normalized spacial score (nSPS) is 16.1. The Kier molecular flexibility index (Phi) is 7.88. The van der Waals surface area contributed by atoms with E-state index < -0.39 is 0 Å². The molecule has 1 fully saturated rings. The van der Waals surface area contributed by atoms with Gasteiger partial charge in [0.15, 0.2) is 0 Å². The zero-order valence-electron chi connectivity index (χ0n) is 18.7. The van der Waals surface area contributed by atoms with Crippen LogP contribution in [0.2, 0.25) is 10.0 Å². The zero-order chi connectivity index (χ0) is 24.1. The van der Waals surface area contributed by atoms with Crippen molar-refractivity contribution in [2.45, 2.75) is 25.9 Å². The molecule has 34 heavy (non-hydrogen) atoms. The Hall–Kier alpha value is -2.87. The zero-order valence-corrected chi connectivity index (χ0v) is 20.2. The molecular formula is C25H27Cl2FN6. The molecule has 0 saturated carbocycles. The monoisotopic (exact) mass is 500 g/mol. The van der Waals surface area contributed by atoms with Crippen molar-refractivity contribution in [3.8, 4) is 11.4 Å². The predicted octanol–water partition coefficient (Wildman–Crippen LogP) is 5.26. The molecule has 3 aromatic rings. The van der Waals surface area contributed by atoms with Gasteiger partial charge in [0, 0.05) is 18.7 Å². The van der Waals surface area contributed by atoms with E-state index in [-0.39, 0.29) is 12.4 Å². The number of benzene rings is 2. The minimum atomic E-state index is -0.284. The van der Waals surface area contributed by atoms with Gasteiger partial charge in [0.2, 0.25) is 0 Å². The molecule has 2 aromatic carbocycles. The van der Waals surface area contributed by atoms with E-state index in [9.17, 15) is 4.39 Å². The van der Waals surface area contributed by atoms with Crippen LogP contribution in [0.15, 0.2) is 59.9 Å². The second kappa shape index (κ2) is 11.0. The van der Waals surface area contributed by atoms with Gasteiger partial charge in [-0.3, -0.25) is 0 Å². The van der Waals surface area contributed by atoms with E-state index in [1.165, 1.54) is 6.07 Å². The van der Waals surface area contributed by atoms with Gasteiger partial charge >= 0.3 is 0 Å². The largest absolute Gasteiger partial charge is 0.383 e. The molecule has 0 amide bonds. The molecule has 1 atom stereocenters. The molecule has 4 rings (SSSR count). The number of imidazole rings is 1. The lowest BCUT2D eigenvalue weighted by atomic mass is 9.99. The molecule has 0 spiro atoms. The summed E-state index contributed by atoms with van der Waals surface area (Å²) in [5, 5.41) is 7.44. The number of anilines is 1. The first-order valence-corrected chi connectivity index (χ1v) is 11.9. The van der Waals surface area contributed by atoms with Crippen LogP contribution in [-0.4, -0.2) is 28.9 Å². The number of nitrogens with one attached hydrogen (secondary N) is 2. The summed E-state index contributed by atoms with van der Waals surface area (Å²) in [5.41, 5.74) is 8.19. The van der Waals surface area contributed by atoms with E-state index in [0.717, 1.165) is 25.9 Å². The average Bonchev–Trinajstić information content (AvgIpc) is 3.12. The number of nitrogen functional groups attached to an aromatic ring is 1. The number of rotatable bonds is 8. The molecule has 4 N–H and O–H groups in total. The van der Waals surface area contributed by atoms with Crippen LogP contribution in [0, 0.1) is 11.7 Å². The van der Waals surface area contributed by atoms with Crippen LogP contribution < -0.4 is 16.4 Å². The van der Waals surface area contributed by atoms with Gasteiger partial charge in [-0.1, -0.05) is 54.0 Å². The highest BCUT2D eigenvalue weighted by atomic mass is 35.5. The minimum Gasteiger partial charge on any atom is -0.383 e. The van der Waals surface area contributed by atoms with Crippen LogP contribution in [-0.2, 0) is 13.1 Å². The maximum Gasteiger partial charge on any atom is 0.145 e. The smallest absolute Gasteiger partial charge is 0.145 e. The van der Waals surface area contributed by atoms with Crippen LogP contribution >= 0.6 is 23.2 Å². The van der Waals surface area contributed by atoms with Crippen molar-refractivity contribution in [3.05, 3.63) is 82.0 Å². The number of nitrogens with zero attached hydrogens (tertiary/aromatic N) is 3. The first kappa shape index (κ1) is 24.3. The first-order chi connectivity index (χ1) is 16.4. The summed E-state index contributed by atoms with van der Waals surface area (Å²) >= 11 is 13.0. The van der Waals surface area contributed by atoms with E-state index in [0.29, 0.717) is 56.8 Å². The molecule has 1 aliphatic heterocycles. The number of hydrogen-bond acceptors (Lipinski definition) is 5. The van der Waals surface area contributed by atoms with E-state index in [1.807, 2.05) is 4.57 Å². The van der Waals surface area contributed by atoms with Gasteiger partial charge in [0.1, 0.15) is 29.0 Å². The SMILES string of the molecule is C=C(N=Cc1nc(-c2c(Cl)cccc2Cl)n(C[C@@H]2CCCNC2)c1N)NCc1ccccc1F. The fourth-order valence-corrected chi connectivity index (χ4v) is 4.59. The van der Waals surface area contributed by atoms with Crippen LogP contribution in [0.25, 0.3) is 11.4 Å². The second-order valence-corrected chi connectivity index (χ2v) is 9.09. The van der Waals surface area contributed by atoms with Gasteiger partial charge in [-0.05, 0) is 50.0 Å². The fraction of sp³-hybridized carbons (Fsp3) is 0.280. The van der Waals surface area contributed by atoms with Crippen LogP contribution in [0.4, 0.5) is 10.2 Å². The van der Waals surface area contributed by atoms with Gasteiger partial charge in [0.05, 0.1) is 21.8 Å². The highest BCUT2D eigenvalue weighted by Gasteiger charge is 2.23. The number of aliphatic imine (C=N–C) groups is 1. The number of aromatic nitrogens is 2. The van der Waals surface area contributed by atoms with Crippen molar-refractivity contribution in [1.29, 1.82) is 0 Å². The topological polar surface area (TPSA) is 80.3 Å². The van der Waals surface area contributed by atoms with Crippen LogP contribution in [0.1, 0.15) is 24.1 Å². The summed E-state index contributed by atoms with van der Waals surface area (Å²) in [5.74, 6) is 1.57. The number of nitrogens with two attached hydrogens (primary N) is 1. The Morgan fingerprint density at radius 3 is 2.74 bits per heavy atom. The van der Waals surface area contributed by atoms with Gasteiger partial charge < -0.3 is 20.9 Å². The third kappa shape index (κ3) is 5.60. The Morgan fingerprint density at radius 2 is 2.03 bits per heavy atom. The number of halogens is 3. The molecule has 0 radical (unpaired) electrons. The summed E-state index contributed by atoms with van der Waals surface area (Å²) < 4.78 is 15.8. The molecule has 2 heterocycles. The molecule has 0 unspecified atom stereocenters. The molecule has 1 aromatic heterocycles. The molecule has 1 aliphatic rings. The maximum absolute atomic E-state index is 13.8. The Labute approximate surface area is 208 Å². The quantitative estimate of drug-likeness (QED) is 0.368. The van der Waals surface area contributed by atoms with Crippen molar-refractivity contribution in [2.24, 2.45) is 10.9 Å². The first-order valence-electron chi connectivity index (χ1n) is 11.2. The summed E-state index contributed by atoms with van der Waals surface area (Å²) in [6.45, 7) is 6.78. The van der Waals surface area contributed by atoms with Crippen molar-refractivity contribution >= 4 is 35.2 Å². The summed E-state index contributed by atoms with van der Waals surface area (Å²) in [4.78, 5) is 9.09. The standard InChI is InChI=1S/C25H27Cl2FN6/c1-16(31-13-18-7-2-3-10-21(18)28)32-14-22-24(29)34(15-17-6-5-11-30-12-17)25(33-22)23-19(26)8-4-9-20(23)27/h2-4,7-10,14,17,30-31H,1,5-6,11-13,15,29H2/t17-/m1/s1. The van der Waals surface area contributed by atoms with Crippen molar-refractivity contribution < 1.29 is 4.39 Å². The second-order valence-electron chi connectivity index (χ2n) is 8.28. The molecular weight excluding hydrogens is 474 g/mol. The molecule has 6 nitrogen and oxygen atoms in total. The molecule has 178 valence electrons. The summed E-state index contributed by atoms with van der Waals surface area (Å²) in [6, 6.07) is 11.9. The lowest BCUT2D eigenvalue weighted by Crippen LogP contribution is -2.32. The summed E-state index contributed by atoms with van der Waals surface area (Å²) in [6.07, 6.45) is 3.76. The Balaban J connectivity index is 1.59. The van der Waals surface area contributed by atoms with Gasteiger partial charge in [0.25, 0.3) is 0 Å². The minimum absolute atomic E-state index is 0.266. The lowest BCUT2D eigenvalue weighted by molar-refractivity contribution is 0.340. The third-order valence-electron chi connectivity index (χ3n) is 5.84. The van der Waals surface area contributed by atoms with Crippen LogP contribution in [0.5, 0.6) is 0 Å². The van der Waals surface area contributed by atoms with E-state index in [1.54, 1.807) is 42.6 Å². The van der Waals surface area contributed by atoms with Crippen LogP contribution in [0.3, 0.4) is 0 Å². The molecule has 0 aliphatic carbocycles. The van der Waals surface area contributed by atoms with Gasteiger partial charge in [-0.2, -0.15) is 0 Å². The third-order valence-corrected chi connectivity index (χ3v) is 6.47.